The highest BCUT2D eigenvalue weighted by Crippen LogP contribution is 2.29. The minimum Gasteiger partial charge on any atom is -0.341 e. The fraction of sp³-hybridized carbons (Fsp3) is 0.375. The van der Waals surface area contributed by atoms with E-state index in [-0.39, 0.29) is 24.3 Å². The predicted octanol–water partition coefficient (Wildman–Crippen LogP) is 1.19. The number of likely N-dealkylation sites (tertiary alicyclic amines) is 1. The van der Waals surface area contributed by atoms with Crippen LogP contribution in [0.3, 0.4) is 0 Å². The summed E-state index contributed by atoms with van der Waals surface area (Å²) in [7, 11) is 0. The molecular formula is C16H17F2N5O2. The molecule has 3 rings (SSSR count). The van der Waals surface area contributed by atoms with E-state index >= 15 is 0 Å². The minimum atomic E-state index is -3.11. The number of aryl methyl sites for hydroxylation is 1. The van der Waals surface area contributed by atoms with Gasteiger partial charge in [-0.05, 0) is 18.6 Å². The van der Waals surface area contributed by atoms with Crippen LogP contribution in [0.25, 0.3) is 5.65 Å². The minimum absolute atomic E-state index is 0.0816. The van der Waals surface area contributed by atoms with E-state index < -0.39 is 30.2 Å². The largest absolute Gasteiger partial charge is 0.341 e. The first kappa shape index (κ1) is 17.0. The third-order valence-corrected chi connectivity index (χ3v) is 4.15. The van der Waals surface area contributed by atoms with Crippen molar-refractivity contribution in [3.63, 3.8) is 0 Å². The Bertz CT molecular complexity index is 848. The lowest BCUT2D eigenvalue weighted by molar-refractivity contribution is -0.135. The van der Waals surface area contributed by atoms with Crippen molar-refractivity contribution in [1.29, 1.82) is 0 Å². The van der Waals surface area contributed by atoms with Crippen molar-refractivity contribution >= 4 is 17.5 Å². The number of carbonyl (C=O) groups excluding carboxylic acids is 2. The zero-order valence-electron chi connectivity index (χ0n) is 13.6. The number of carbonyl (C=O) groups is 2. The molecule has 7 nitrogen and oxygen atoms in total. The molecule has 1 atom stereocenters. The lowest BCUT2D eigenvalue weighted by atomic mass is 10.0. The molecule has 0 saturated carbocycles. The summed E-state index contributed by atoms with van der Waals surface area (Å²) in [5, 5.41) is 6.33. The monoisotopic (exact) mass is 349 g/mol. The van der Waals surface area contributed by atoms with Crippen LogP contribution in [0, 0.1) is 6.92 Å². The fourth-order valence-electron chi connectivity index (χ4n) is 2.75. The number of amides is 2. The van der Waals surface area contributed by atoms with Gasteiger partial charge in [-0.25, -0.2) is 18.3 Å². The summed E-state index contributed by atoms with van der Waals surface area (Å²) < 4.78 is 29.7. The van der Waals surface area contributed by atoms with Crippen LogP contribution in [0.2, 0.25) is 0 Å². The lowest BCUT2D eigenvalue weighted by Gasteiger charge is -2.38. The van der Waals surface area contributed by atoms with E-state index in [0.29, 0.717) is 0 Å². The fourth-order valence-corrected chi connectivity index (χ4v) is 2.75. The number of rotatable bonds is 3. The molecule has 2 aromatic rings. The molecule has 3 heterocycles. The molecule has 25 heavy (non-hydrogen) atoms. The van der Waals surface area contributed by atoms with Crippen LogP contribution in [0.15, 0.2) is 31.2 Å². The molecular weight excluding hydrogens is 332 g/mol. The molecule has 2 amide bonds. The van der Waals surface area contributed by atoms with Crippen molar-refractivity contribution in [2.75, 3.05) is 13.1 Å². The van der Waals surface area contributed by atoms with Gasteiger partial charge in [0.2, 0.25) is 5.91 Å². The summed E-state index contributed by atoms with van der Waals surface area (Å²) in [5.41, 5.74) is 1.23. The molecule has 0 aromatic carbocycles. The summed E-state index contributed by atoms with van der Waals surface area (Å²) in [6.45, 7) is 4.81. The molecule has 2 aromatic heterocycles. The van der Waals surface area contributed by atoms with Crippen LogP contribution in [-0.4, -0.2) is 56.4 Å². The van der Waals surface area contributed by atoms with Crippen molar-refractivity contribution in [2.24, 2.45) is 0 Å². The number of halogens is 2. The Morgan fingerprint density at radius 1 is 1.44 bits per heavy atom. The van der Waals surface area contributed by atoms with Gasteiger partial charge in [0.25, 0.3) is 11.8 Å². The Labute approximate surface area is 142 Å². The number of aromatic nitrogens is 3. The highest BCUT2D eigenvalue weighted by Gasteiger charge is 2.45. The van der Waals surface area contributed by atoms with Gasteiger partial charge in [0.15, 0.2) is 5.65 Å². The van der Waals surface area contributed by atoms with Gasteiger partial charge in [-0.15, -0.1) is 0 Å². The first-order valence-corrected chi connectivity index (χ1v) is 7.72. The highest BCUT2D eigenvalue weighted by molar-refractivity contribution is 5.99. The van der Waals surface area contributed by atoms with E-state index in [2.05, 4.69) is 22.0 Å². The van der Waals surface area contributed by atoms with E-state index in [4.69, 9.17) is 0 Å². The average molecular weight is 349 g/mol. The Kier molecular flexibility index (Phi) is 4.23. The zero-order valence-corrected chi connectivity index (χ0v) is 13.6. The van der Waals surface area contributed by atoms with Gasteiger partial charge >= 0.3 is 0 Å². The van der Waals surface area contributed by atoms with Crippen LogP contribution in [0.1, 0.15) is 22.3 Å². The molecule has 0 radical (unpaired) electrons. The molecule has 0 unspecified atom stereocenters. The molecule has 1 aliphatic heterocycles. The summed E-state index contributed by atoms with van der Waals surface area (Å²) in [5.74, 6) is -4.26. The van der Waals surface area contributed by atoms with Gasteiger partial charge in [-0.3, -0.25) is 9.59 Å². The Morgan fingerprint density at radius 2 is 2.20 bits per heavy atom. The van der Waals surface area contributed by atoms with Crippen LogP contribution >= 0.6 is 0 Å². The second-order valence-corrected chi connectivity index (χ2v) is 5.98. The number of nitrogens with one attached hydrogen (secondary N) is 1. The van der Waals surface area contributed by atoms with Gasteiger partial charge in [0.05, 0.1) is 6.20 Å². The maximum Gasteiger partial charge on any atom is 0.271 e. The third kappa shape index (κ3) is 3.21. The standard InChI is InChI=1S/C16H17F2N5O2/c1-3-13(24)22-5-4-16(17,18)12(9-22)21-15(25)11-7-20-23-8-10(2)6-19-14(11)23/h3,6-8,12H,1,4-5,9H2,2H3,(H,21,25)/t12-/m1/s1. The second kappa shape index (κ2) is 6.23. The first-order chi connectivity index (χ1) is 11.8. The van der Waals surface area contributed by atoms with Crippen LogP contribution in [0.4, 0.5) is 8.78 Å². The van der Waals surface area contributed by atoms with Crippen molar-refractivity contribution in [3.8, 4) is 0 Å². The van der Waals surface area contributed by atoms with Crippen LogP contribution in [-0.2, 0) is 4.79 Å². The molecule has 1 N–H and O–H groups in total. The lowest BCUT2D eigenvalue weighted by Crippen LogP contribution is -2.59. The topological polar surface area (TPSA) is 79.6 Å². The molecule has 0 spiro atoms. The smallest absolute Gasteiger partial charge is 0.271 e. The molecule has 1 aliphatic rings. The number of fused-ring (bicyclic) bond motifs is 1. The normalized spacial score (nSPS) is 19.6. The molecule has 1 fully saturated rings. The summed E-state index contributed by atoms with van der Waals surface area (Å²) in [6, 6.07) is -1.49. The zero-order chi connectivity index (χ0) is 18.2. The van der Waals surface area contributed by atoms with E-state index in [1.807, 2.05) is 6.92 Å². The molecule has 0 bridgehead atoms. The summed E-state index contributed by atoms with van der Waals surface area (Å²) in [4.78, 5) is 29.5. The molecule has 132 valence electrons. The maximum atomic E-state index is 14.2. The van der Waals surface area contributed by atoms with E-state index in [0.717, 1.165) is 11.6 Å². The van der Waals surface area contributed by atoms with Crippen molar-refractivity contribution in [3.05, 3.63) is 42.4 Å². The second-order valence-electron chi connectivity index (χ2n) is 5.98. The van der Waals surface area contributed by atoms with Crippen molar-refractivity contribution in [1.82, 2.24) is 24.8 Å². The summed E-state index contributed by atoms with van der Waals surface area (Å²) in [6.07, 6.45) is 5.07. The maximum absolute atomic E-state index is 14.2. The van der Waals surface area contributed by atoms with Crippen LogP contribution < -0.4 is 5.32 Å². The van der Waals surface area contributed by atoms with E-state index in [9.17, 15) is 18.4 Å². The molecule has 0 aliphatic carbocycles. The SMILES string of the molecule is C=CC(=O)N1CCC(F)(F)[C@H](NC(=O)c2cnn3cc(C)cnc23)C1. The summed E-state index contributed by atoms with van der Waals surface area (Å²) >= 11 is 0. The number of hydrogen-bond acceptors (Lipinski definition) is 4. The van der Waals surface area contributed by atoms with Crippen LogP contribution in [0.5, 0.6) is 0 Å². The number of nitrogens with zero attached hydrogens (tertiary/aromatic N) is 4. The molecule has 9 heteroatoms. The van der Waals surface area contributed by atoms with Crippen molar-refractivity contribution < 1.29 is 18.4 Å². The highest BCUT2D eigenvalue weighted by atomic mass is 19.3. The average Bonchev–Trinajstić information content (AvgIpc) is 2.98. The Balaban J connectivity index is 1.82. The van der Waals surface area contributed by atoms with E-state index in [1.54, 1.807) is 12.4 Å². The molecule has 1 saturated heterocycles. The Morgan fingerprint density at radius 3 is 2.92 bits per heavy atom. The Hall–Kier alpha value is -2.84. The van der Waals surface area contributed by atoms with E-state index in [1.165, 1.54) is 15.6 Å². The number of piperidine rings is 1. The third-order valence-electron chi connectivity index (χ3n) is 4.15. The van der Waals surface area contributed by atoms with Gasteiger partial charge in [0.1, 0.15) is 11.6 Å². The predicted molar refractivity (Wildman–Crippen MR) is 85.3 cm³/mol. The quantitative estimate of drug-likeness (QED) is 0.844. The van der Waals surface area contributed by atoms with Gasteiger partial charge in [-0.2, -0.15) is 5.10 Å². The number of alkyl halides is 2. The van der Waals surface area contributed by atoms with Gasteiger partial charge < -0.3 is 10.2 Å². The van der Waals surface area contributed by atoms with Gasteiger partial charge in [0, 0.05) is 31.9 Å². The number of hydrogen-bond donors (Lipinski definition) is 1. The first-order valence-electron chi connectivity index (χ1n) is 7.72. The van der Waals surface area contributed by atoms with Gasteiger partial charge in [-0.1, -0.05) is 6.58 Å². The van der Waals surface area contributed by atoms with Crippen molar-refractivity contribution in [2.45, 2.75) is 25.3 Å².